The van der Waals surface area contributed by atoms with Gasteiger partial charge in [0.1, 0.15) is 11.5 Å². The molecule has 0 amide bonds. The van der Waals surface area contributed by atoms with Crippen molar-refractivity contribution in [2.75, 3.05) is 52.9 Å². The Morgan fingerprint density at radius 1 is 1.15 bits per heavy atom. The van der Waals surface area contributed by atoms with Crippen LogP contribution in [-0.4, -0.2) is 79.2 Å². The Kier molecular flexibility index (Phi) is 8.75. The number of carbonyl (C=O) groups excluding carboxylic acids is 1. The molecule has 4 heterocycles. The first-order valence-corrected chi connectivity index (χ1v) is 14.0. The summed E-state index contributed by atoms with van der Waals surface area (Å²) in [5.41, 5.74) is 2.79. The summed E-state index contributed by atoms with van der Waals surface area (Å²) >= 11 is 13.5. The van der Waals surface area contributed by atoms with Gasteiger partial charge >= 0.3 is 0 Å². The highest BCUT2D eigenvalue weighted by Gasteiger charge is 2.31. The molecule has 212 valence electrons. The standard InChI is InChI=1S/C29H33Cl2N5O4/c1-5-19(37)10-18-14-40-15-21(18)34-29-32-13-17-11-20(24-25(30)22(38-3)12-23(39-4)26(24)31)33-27(28(17)35-29)16-6-8-36(2)9-7-16/h5,11-13,16,18,21H,1,6-10,14-15H2,2-4H3,(H,32,34,35)/t18-,21+/m0/s1. The van der Waals surface area contributed by atoms with Gasteiger partial charge in [-0.3, -0.25) is 9.78 Å². The second kappa shape index (κ2) is 12.3. The summed E-state index contributed by atoms with van der Waals surface area (Å²) in [4.78, 5) is 29.0. The number of hydrogen-bond donors (Lipinski definition) is 1. The lowest BCUT2D eigenvalue weighted by molar-refractivity contribution is -0.115. The van der Waals surface area contributed by atoms with Crippen LogP contribution in [0.4, 0.5) is 5.95 Å². The number of nitrogens with one attached hydrogen (secondary N) is 1. The van der Waals surface area contributed by atoms with E-state index >= 15 is 0 Å². The molecule has 2 atom stereocenters. The summed E-state index contributed by atoms with van der Waals surface area (Å²) in [5.74, 6) is 1.57. The van der Waals surface area contributed by atoms with E-state index in [4.69, 9.17) is 47.4 Å². The molecule has 0 aliphatic carbocycles. The molecule has 1 aromatic carbocycles. The maximum atomic E-state index is 12.0. The number of hydrogen-bond acceptors (Lipinski definition) is 9. The molecule has 2 aliphatic heterocycles. The Morgan fingerprint density at radius 3 is 2.50 bits per heavy atom. The number of nitrogens with zero attached hydrogens (tertiary/aromatic N) is 4. The van der Waals surface area contributed by atoms with Crippen molar-refractivity contribution in [3.8, 4) is 22.8 Å². The molecule has 40 heavy (non-hydrogen) atoms. The zero-order valence-corrected chi connectivity index (χ0v) is 24.4. The van der Waals surface area contributed by atoms with Crippen LogP contribution < -0.4 is 14.8 Å². The lowest BCUT2D eigenvalue weighted by Gasteiger charge is -2.29. The maximum Gasteiger partial charge on any atom is 0.223 e. The molecule has 2 aliphatic rings. The minimum Gasteiger partial charge on any atom is -0.495 e. The monoisotopic (exact) mass is 585 g/mol. The summed E-state index contributed by atoms with van der Waals surface area (Å²) < 4.78 is 16.7. The largest absolute Gasteiger partial charge is 0.495 e. The van der Waals surface area contributed by atoms with Crippen LogP contribution in [0.1, 0.15) is 30.9 Å². The van der Waals surface area contributed by atoms with Gasteiger partial charge in [0.05, 0.1) is 60.4 Å². The number of ketones is 1. The fourth-order valence-corrected chi connectivity index (χ4v) is 6.10. The van der Waals surface area contributed by atoms with Crippen molar-refractivity contribution in [3.63, 3.8) is 0 Å². The van der Waals surface area contributed by atoms with Gasteiger partial charge in [0, 0.05) is 41.5 Å². The van der Waals surface area contributed by atoms with E-state index < -0.39 is 0 Å². The second-order valence-electron chi connectivity index (χ2n) is 10.3. The molecule has 5 rings (SSSR count). The van der Waals surface area contributed by atoms with Gasteiger partial charge in [0.25, 0.3) is 0 Å². The Balaban J connectivity index is 1.59. The van der Waals surface area contributed by atoms with E-state index in [9.17, 15) is 4.79 Å². The molecular weight excluding hydrogens is 553 g/mol. The molecule has 2 aromatic heterocycles. The van der Waals surface area contributed by atoms with Crippen molar-refractivity contribution in [2.24, 2.45) is 5.92 Å². The van der Waals surface area contributed by atoms with Crippen LogP contribution in [0.15, 0.2) is 31.0 Å². The van der Waals surface area contributed by atoms with Gasteiger partial charge in [-0.1, -0.05) is 29.8 Å². The second-order valence-corrected chi connectivity index (χ2v) is 11.1. The molecule has 11 heteroatoms. The van der Waals surface area contributed by atoms with Gasteiger partial charge in [-0.2, -0.15) is 0 Å². The summed E-state index contributed by atoms with van der Waals surface area (Å²) in [6.45, 7) is 6.49. The van der Waals surface area contributed by atoms with Crippen LogP contribution in [0.2, 0.25) is 10.0 Å². The number of rotatable bonds is 9. The Bertz CT molecular complexity index is 1400. The van der Waals surface area contributed by atoms with Gasteiger partial charge in [-0.05, 0) is 45.1 Å². The van der Waals surface area contributed by atoms with E-state index in [0.717, 1.165) is 42.5 Å². The molecule has 9 nitrogen and oxygen atoms in total. The van der Waals surface area contributed by atoms with Crippen molar-refractivity contribution in [1.29, 1.82) is 0 Å². The first kappa shape index (κ1) is 28.5. The Labute approximate surface area is 243 Å². The van der Waals surface area contributed by atoms with E-state index in [2.05, 4.69) is 28.8 Å². The number of methoxy groups -OCH3 is 2. The van der Waals surface area contributed by atoms with Crippen molar-refractivity contribution >= 4 is 45.8 Å². The first-order valence-electron chi connectivity index (χ1n) is 13.3. The van der Waals surface area contributed by atoms with Gasteiger partial charge < -0.3 is 24.4 Å². The summed E-state index contributed by atoms with van der Waals surface area (Å²) in [6.07, 6.45) is 5.40. The molecule has 3 aromatic rings. The third-order valence-electron chi connectivity index (χ3n) is 7.73. The van der Waals surface area contributed by atoms with E-state index in [0.29, 0.717) is 58.4 Å². The minimum atomic E-state index is -0.0813. The number of benzene rings is 1. The van der Waals surface area contributed by atoms with E-state index in [1.54, 1.807) is 26.5 Å². The normalized spacial score (nSPS) is 20.0. The first-order chi connectivity index (χ1) is 19.3. The summed E-state index contributed by atoms with van der Waals surface area (Å²) in [7, 11) is 5.22. The number of anilines is 1. The topological polar surface area (TPSA) is 98.7 Å². The Morgan fingerprint density at radius 2 is 1.85 bits per heavy atom. The number of allylic oxidation sites excluding steroid dienone is 1. The quantitative estimate of drug-likeness (QED) is 0.331. The molecule has 0 saturated carbocycles. The van der Waals surface area contributed by atoms with Crippen molar-refractivity contribution in [3.05, 3.63) is 46.7 Å². The summed E-state index contributed by atoms with van der Waals surface area (Å²) in [5, 5.41) is 4.93. The third-order valence-corrected chi connectivity index (χ3v) is 8.48. The predicted octanol–water partition coefficient (Wildman–Crippen LogP) is 5.40. The van der Waals surface area contributed by atoms with E-state index in [-0.39, 0.29) is 23.7 Å². The van der Waals surface area contributed by atoms with Crippen LogP contribution in [0.5, 0.6) is 11.5 Å². The number of carbonyl (C=O) groups is 1. The lowest BCUT2D eigenvalue weighted by Crippen LogP contribution is -2.30. The molecule has 0 bridgehead atoms. The van der Waals surface area contributed by atoms with Gasteiger partial charge in [-0.25, -0.2) is 9.97 Å². The number of aromatic nitrogens is 3. The van der Waals surface area contributed by atoms with Crippen LogP contribution in [0.3, 0.4) is 0 Å². The number of halogens is 2. The minimum absolute atomic E-state index is 0.00509. The molecule has 2 saturated heterocycles. The third kappa shape index (κ3) is 5.74. The molecule has 0 spiro atoms. The predicted molar refractivity (Wildman–Crippen MR) is 157 cm³/mol. The highest BCUT2D eigenvalue weighted by Crippen LogP contribution is 2.46. The number of fused-ring (bicyclic) bond motifs is 1. The molecule has 0 radical (unpaired) electrons. The molecule has 1 N–H and O–H groups in total. The van der Waals surface area contributed by atoms with Crippen LogP contribution >= 0.6 is 23.2 Å². The van der Waals surface area contributed by atoms with E-state index in [1.807, 2.05) is 6.07 Å². The SMILES string of the molecule is C=CC(=O)C[C@H]1COC[C@H]1Nc1ncc2cc(-c3c(Cl)c(OC)cc(OC)c3Cl)nc(C3CCN(C)CC3)c2n1. The number of likely N-dealkylation sites (tertiary alicyclic amines) is 1. The Hall–Kier alpha value is -2.98. The van der Waals surface area contributed by atoms with Crippen molar-refractivity contribution in [2.45, 2.75) is 31.2 Å². The average Bonchev–Trinajstić information content (AvgIpc) is 3.39. The maximum absolute atomic E-state index is 12.0. The van der Waals surface area contributed by atoms with Crippen LogP contribution in [-0.2, 0) is 9.53 Å². The van der Waals surface area contributed by atoms with Crippen LogP contribution in [0, 0.1) is 5.92 Å². The highest BCUT2D eigenvalue weighted by atomic mass is 35.5. The molecular formula is C29H33Cl2N5O4. The van der Waals surface area contributed by atoms with Crippen LogP contribution in [0.25, 0.3) is 22.2 Å². The number of pyridine rings is 1. The van der Waals surface area contributed by atoms with Crippen molar-refractivity contribution < 1.29 is 19.0 Å². The smallest absolute Gasteiger partial charge is 0.223 e. The van der Waals surface area contributed by atoms with Gasteiger partial charge in [-0.15, -0.1) is 0 Å². The van der Waals surface area contributed by atoms with Crippen molar-refractivity contribution in [1.82, 2.24) is 19.9 Å². The fourth-order valence-electron chi connectivity index (χ4n) is 5.41. The lowest BCUT2D eigenvalue weighted by atomic mass is 9.91. The zero-order valence-electron chi connectivity index (χ0n) is 22.9. The fraction of sp³-hybridized carbons (Fsp3) is 0.448. The summed E-state index contributed by atoms with van der Waals surface area (Å²) in [6, 6.07) is 3.48. The zero-order chi connectivity index (χ0) is 28.4. The molecule has 2 fully saturated rings. The van der Waals surface area contributed by atoms with E-state index in [1.165, 1.54) is 6.08 Å². The highest BCUT2D eigenvalue weighted by molar-refractivity contribution is 6.41. The number of piperidine rings is 1. The van der Waals surface area contributed by atoms with Gasteiger partial charge in [0.15, 0.2) is 5.78 Å². The van der Waals surface area contributed by atoms with Gasteiger partial charge in [0.2, 0.25) is 5.95 Å². The molecule has 0 unspecified atom stereocenters. The number of ether oxygens (including phenoxy) is 3. The average molecular weight is 587 g/mol.